The van der Waals surface area contributed by atoms with Gasteiger partial charge < -0.3 is 9.47 Å². The van der Waals surface area contributed by atoms with Crippen molar-refractivity contribution >= 4 is 11.6 Å². The first-order valence-electron chi connectivity index (χ1n) is 9.34. The quantitative estimate of drug-likeness (QED) is 0.614. The Labute approximate surface area is 174 Å². The zero-order valence-corrected chi connectivity index (χ0v) is 17.3. The molecule has 7 nitrogen and oxygen atoms in total. The number of hydrogen-bond donors (Lipinski definition) is 0. The molecule has 3 atom stereocenters. The lowest BCUT2D eigenvalue weighted by atomic mass is 9.84. The number of hydrogen-bond acceptors (Lipinski definition) is 6. The van der Waals surface area contributed by atoms with Gasteiger partial charge in [-0.15, -0.1) is 0 Å². The maximum atomic E-state index is 6.23. The number of halogens is 1. The van der Waals surface area contributed by atoms with Crippen molar-refractivity contribution in [1.82, 2.24) is 19.8 Å². The summed E-state index contributed by atoms with van der Waals surface area (Å²) in [5, 5.41) is 6.96. The highest BCUT2D eigenvalue weighted by Crippen LogP contribution is 2.45. The molecule has 0 saturated carbocycles. The van der Waals surface area contributed by atoms with Crippen LogP contribution in [0.5, 0.6) is 11.5 Å². The van der Waals surface area contributed by atoms with Crippen LogP contribution in [0.25, 0.3) is 0 Å². The van der Waals surface area contributed by atoms with Crippen LogP contribution in [0.4, 0.5) is 0 Å². The smallest absolute Gasteiger partial charge is 0.169 e. The van der Waals surface area contributed by atoms with Crippen molar-refractivity contribution in [2.24, 2.45) is 5.92 Å². The molecule has 0 amide bonds. The van der Waals surface area contributed by atoms with Gasteiger partial charge in [-0.05, 0) is 42.0 Å². The molecule has 29 heavy (non-hydrogen) atoms. The number of hydroxylamine groups is 2. The molecule has 0 aliphatic carbocycles. The molecule has 152 valence electrons. The van der Waals surface area contributed by atoms with E-state index in [1.165, 1.54) is 6.33 Å². The Morgan fingerprint density at radius 2 is 1.79 bits per heavy atom. The lowest BCUT2D eigenvalue weighted by molar-refractivity contribution is -0.185. The standard InChI is InChI=1S/C21H23ClN4O3/c1-15-20(12-28-19-10-6-17(22)7-11-19)29-25(2)21(15,26-14-23-13-24-26)16-4-8-18(27-3)9-5-16/h4-11,13-15,20H,12H2,1-3H3. The van der Waals surface area contributed by atoms with E-state index in [1.54, 1.807) is 25.6 Å². The Bertz CT molecular complexity index is 934. The van der Waals surface area contributed by atoms with Crippen molar-refractivity contribution in [2.75, 3.05) is 20.8 Å². The fourth-order valence-corrected chi connectivity index (χ4v) is 4.08. The summed E-state index contributed by atoms with van der Waals surface area (Å²) >= 11 is 5.95. The largest absolute Gasteiger partial charge is 0.497 e. The van der Waals surface area contributed by atoms with Gasteiger partial charge in [0, 0.05) is 18.0 Å². The third-order valence-electron chi connectivity index (χ3n) is 5.48. The molecular weight excluding hydrogens is 392 g/mol. The zero-order chi connectivity index (χ0) is 20.4. The van der Waals surface area contributed by atoms with Gasteiger partial charge >= 0.3 is 0 Å². The molecule has 2 heterocycles. The number of rotatable bonds is 6. The van der Waals surface area contributed by atoms with E-state index in [1.807, 2.05) is 53.2 Å². The van der Waals surface area contributed by atoms with Crippen molar-refractivity contribution < 1.29 is 14.3 Å². The summed E-state index contributed by atoms with van der Waals surface area (Å²) < 4.78 is 13.1. The Balaban J connectivity index is 1.65. The number of benzene rings is 2. The molecule has 1 aliphatic heterocycles. The molecule has 8 heteroatoms. The minimum absolute atomic E-state index is 0.00916. The van der Waals surface area contributed by atoms with Crippen LogP contribution in [-0.2, 0) is 10.5 Å². The first-order chi connectivity index (χ1) is 14.1. The van der Waals surface area contributed by atoms with Crippen LogP contribution >= 0.6 is 11.6 Å². The number of aromatic nitrogens is 3. The normalized spacial score (nSPS) is 24.6. The van der Waals surface area contributed by atoms with Gasteiger partial charge in [0.2, 0.25) is 0 Å². The zero-order valence-electron chi connectivity index (χ0n) is 16.5. The molecule has 0 spiro atoms. The van der Waals surface area contributed by atoms with Gasteiger partial charge in [0.05, 0.1) is 7.11 Å². The van der Waals surface area contributed by atoms with E-state index in [-0.39, 0.29) is 12.0 Å². The number of ether oxygens (including phenoxy) is 2. The molecule has 2 aromatic carbocycles. The summed E-state index contributed by atoms with van der Waals surface area (Å²) in [6.45, 7) is 2.52. The Morgan fingerprint density at radius 1 is 1.10 bits per heavy atom. The van der Waals surface area contributed by atoms with Crippen LogP contribution in [0.3, 0.4) is 0 Å². The molecule has 4 rings (SSSR count). The molecule has 1 saturated heterocycles. The van der Waals surface area contributed by atoms with Gasteiger partial charge in [0.25, 0.3) is 0 Å². The highest BCUT2D eigenvalue weighted by Gasteiger charge is 2.55. The third kappa shape index (κ3) is 3.46. The highest BCUT2D eigenvalue weighted by atomic mass is 35.5. The number of methoxy groups -OCH3 is 1. The predicted octanol–water partition coefficient (Wildman–Crippen LogP) is 3.60. The first kappa shape index (κ1) is 19.7. The average molecular weight is 415 g/mol. The van der Waals surface area contributed by atoms with Gasteiger partial charge in [0.1, 0.15) is 36.9 Å². The fraction of sp³-hybridized carbons (Fsp3) is 0.333. The molecule has 0 radical (unpaired) electrons. The second kappa shape index (κ2) is 8.02. The van der Waals surface area contributed by atoms with Crippen LogP contribution < -0.4 is 9.47 Å². The fourth-order valence-electron chi connectivity index (χ4n) is 3.96. The minimum Gasteiger partial charge on any atom is -0.497 e. The van der Waals surface area contributed by atoms with Gasteiger partial charge in [-0.25, -0.2) is 9.67 Å². The molecule has 3 aromatic rings. The van der Waals surface area contributed by atoms with Crippen LogP contribution in [0.15, 0.2) is 61.2 Å². The summed E-state index contributed by atoms with van der Waals surface area (Å²) in [6.07, 6.45) is 3.05. The van der Waals surface area contributed by atoms with Gasteiger partial charge in [0.15, 0.2) is 5.66 Å². The minimum atomic E-state index is -0.670. The van der Waals surface area contributed by atoms with Crippen molar-refractivity contribution in [3.8, 4) is 11.5 Å². The second-order valence-electron chi connectivity index (χ2n) is 6.99. The van der Waals surface area contributed by atoms with Gasteiger partial charge in [-0.2, -0.15) is 10.2 Å². The summed E-state index contributed by atoms with van der Waals surface area (Å²) in [4.78, 5) is 10.4. The van der Waals surface area contributed by atoms with Crippen molar-refractivity contribution in [3.63, 3.8) is 0 Å². The van der Waals surface area contributed by atoms with E-state index >= 15 is 0 Å². The Hall–Kier alpha value is -2.61. The van der Waals surface area contributed by atoms with Gasteiger partial charge in [-0.1, -0.05) is 30.7 Å². The maximum absolute atomic E-state index is 6.23. The van der Waals surface area contributed by atoms with Crippen molar-refractivity contribution in [3.05, 3.63) is 71.8 Å². The maximum Gasteiger partial charge on any atom is 0.169 e. The van der Waals surface area contributed by atoms with Crippen LogP contribution in [0, 0.1) is 5.92 Å². The van der Waals surface area contributed by atoms with E-state index in [0.717, 1.165) is 17.1 Å². The molecule has 0 N–H and O–H groups in total. The summed E-state index contributed by atoms with van der Waals surface area (Å²) in [5.41, 5.74) is 0.351. The third-order valence-corrected chi connectivity index (χ3v) is 5.73. The molecule has 1 aromatic heterocycles. The average Bonchev–Trinajstić information content (AvgIpc) is 3.35. The van der Waals surface area contributed by atoms with Crippen LogP contribution in [0.1, 0.15) is 12.5 Å². The van der Waals surface area contributed by atoms with Crippen LogP contribution in [0.2, 0.25) is 5.02 Å². The lowest BCUT2D eigenvalue weighted by Gasteiger charge is -2.37. The van der Waals surface area contributed by atoms with Crippen molar-refractivity contribution in [1.29, 1.82) is 0 Å². The first-order valence-corrected chi connectivity index (χ1v) is 9.72. The van der Waals surface area contributed by atoms with E-state index in [4.69, 9.17) is 25.9 Å². The number of nitrogens with zero attached hydrogens (tertiary/aromatic N) is 4. The summed E-state index contributed by atoms with van der Waals surface area (Å²) in [7, 11) is 3.56. The van der Waals surface area contributed by atoms with E-state index < -0.39 is 5.66 Å². The highest BCUT2D eigenvalue weighted by molar-refractivity contribution is 6.30. The van der Waals surface area contributed by atoms with E-state index in [9.17, 15) is 0 Å². The molecule has 1 fully saturated rings. The Kier molecular flexibility index (Phi) is 5.45. The second-order valence-corrected chi connectivity index (χ2v) is 7.43. The SMILES string of the molecule is COc1ccc(C2(n3cncn3)C(C)C(COc3ccc(Cl)cc3)ON2C)cc1. The monoisotopic (exact) mass is 414 g/mol. The topological polar surface area (TPSA) is 61.6 Å². The van der Waals surface area contributed by atoms with Crippen LogP contribution in [-0.4, -0.2) is 46.7 Å². The summed E-state index contributed by atoms with van der Waals surface area (Å²) in [6, 6.07) is 15.2. The molecule has 0 bridgehead atoms. The Morgan fingerprint density at radius 3 is 2.41 bits per heavy atom. The van der Waals surface area contributed by atoms with E-state index in [0.29, 0.717) is 11.6 Å². The molecule has 3 unspecified atom stereocenters. The van der Waals surface area contributed by atoms with Gasteiger partial charge in [-0.3, -0.25) is 4.84 Å². The van der Waals surface area contributed by atoms with Crippen molar-refractivity contribution in [2.45, 2.75) is 18.7 Å². The van der Waals surface area contributed by atoms with E-state index in [2.05, 4.69) is 17.0 Å². The summed E-state index contributed by atoms with van der Waals surface area (Å²) in [5.74, 6) is 1.55. The predicted molar refractivity (Wildman–Crippen MR) is 109 cm³/mol. The molecule has 1 aliphatic rings. The molecular formula is C21H23ClN4O3. The lowest BCUT2D eigenvalue weighted by Crippen LogP contribution is -2.49.